The molecule has 2 aromatic heterocycles. The van der Waals surface area contributed by atoms with Crippen LogP contribution in [-0.4, -0.2) is 18.1 Å². The number of hydrogen-bond acceptors (Lipinski definition) is 4. The van der Waals surface area contributed by atoms with E-state index in [-0.39, 0.29) is 5.43 Å². The van der Waals surface area contributed by atoms with Crippen LogP contribution in [0.5, 0.6) is 0 Å². The lowest BCUT2D eigenvalue weighted by atomic mass is 10.0. The van der Waals surface area contributed by atoms with Crippen molar-refractivity contribution in [2.24, 2.45) is 0 Å². The van der Waals surface area contributed by atoms with Gasteiger partial charge in [-0.2, -0.15) is 0 Å². The molecule has 0 aliphatic rings. The van der Waals surface area contributed by atoms with Crippen LogP contribution in [0.25, 0.3) is 10.2 Å². The minimum Gasteiger partial charge on any atom is -0.371 e. The maximum Gasteiger partial charge on any atom is 0.201 e. The van der Waals surface area contributed by atoms with Crippen LogP contribution in [-0.2, 0) is 0 Å². The van der Waals surface area contributed by atoms with Crippen LogP contribution in [0.15, 0.2) is 46.6 Å². The molecule has 0 amide bonds. The summed E-state index contributed by atoms with van der Waals surface area (Å²) in [5.41, 5.74) is 3.64. The summed E-state index contributed by atoms with van der Waals surface area (Å²) in [5.74, 6) is 0.790. The van der Waals surface area contributed by atoms with Gasteiger partial charge in [-0.1, -0.05) is 38.1 Å². The molecule has 0 spiro atoms. The number of hydrogen-bond donors (Lipinski definition) is 3. The third kappa shape index (κ3) is 5.19. The highest BCUT2D eigenvalue weighted by atomic mass is 32.1. The molecule has 5 heteroatoms. The SMILES string of the molecule is CC.Cc1ccccc1C(C)NCCCNc1cc(=O)c2sccc2[nH]1. The van der Waals surface area contributed by atoms with Crippen molar-refractivity contribution in [3.63, 3.8) is 0 Å². The van der Waals surface area contributed by atoms with Gasteiger partial charge < -0.3 is 15.6 Å². The first-order valence-electron chi connectivity index (χ1n) is 9.28. The Labute approximate surface area is 159 Å². The van der Waals surface area contributed by atoms with Crippen LogP contribution < -0.4 is 16.1 Å². The highest BCUT2D eigenvalue weighted by molar-refractivity contribution is 7.17. The zero-order chi connectivity index (χ0) is 18.9. The van der Waals surface area contributed by atoms with Gasteiger partial charge in [-0.15, -0.1) is 11.3 Å². The lowest BCUT2D eigenvalue weighted by Gasteiger charge is -2.16. The standard InChI is InChI=1S/C19H23N3OS.C2H6/c1-13-6-3-4-7-15(13)14(2)20-9-5-10-21-18-12-17(23)19-16(22-18)8-11-24-19;1-2/h3-4,6-8,11-12,14,20H,5,9-10H2,1-2H3,(H2,21,22,23);1-2H3. The number of pyridine rings is 1. The molecule has 0 aliphatic carbocycles. The predicted octanol–water partition coefficient (Wildman–Crippen LogP) is 5.08. The van der Waals surface area contributed by atoms with Crippen molar-refractivity contribution in [3.8, 4) is 0 Å². The van der Waals surface area contributed by atoms with Gasteiger partial charge in [0.2, 0.25) is 5.43 Å². The van der Waals surface area contributed by atoms with Crippen LogP contribution in [0.4, 0.5) is 5.82 Å². The average molecular weight is 372 g/mol. The molecule has 26 heavy (non-hydrogen) atoms. The first-order chi connectivity index (χ1) is 12.6. The fraction of sp³-hybridized carbons (Fsp3) is 0.381. The van der Waals surface area contributed by atoms with Gasteiger partial charge >= 0.3 is 0 Å². The predicted molar refractivity (Wildman–Crippen MR) is 114 cm³/mol. The summed E-state index contributed by atoms with van der Waals surface area (Å²) >= 11 is 1.48. The molecule has 0 saturated carbocycles. The summed E-state index contributed by atoms with van der Waals surface area (Å²) in [6, 6.07) is 12.4. The Hall–Kier alpha value is -2.11. The molecule has 3 rings (SSSR count). The normalized spacial score (nSPS) is 11.7. The van der Waals surface area contributed by atoms with E-state index < -0.39 is 0 Å². The quantitative estimate of drug-likeness (QED) is 0.508. The fourth-order valence-electron chi connectivity index (χ4n) is 2.88. The Kier molecular flexibility index (Phi) is 7.88. The van der Waals surface area contributed by atoms with Gasteiger partial charge in [-0.05, 0) is 49.4 Å². The number of thiophene rings is 1. The van der Waals surface area contributed by atoms with Crippen LogP contribution >= 0.6 is 11.3 Å². The zero-order valence-corrected chi connectivity index (χ0v) is 16.9. The lowest BCUT2D eigenvalue weighted by Crippen LogP contribution is -2.22. The Morgan fingerprint density at radius 1 is 1.15 bits per heavy atom. The zero-order valence-electron chi connectivity index (χ0n) is 16.1. The summed E-state index contributed by atoms with van der Waals surface area (Å²) in [7, 11) is 0. The largest absolute Gasteiger partial charge is 0.371 e. The van der Waals surface area contributed by atoms with E-state index in [4.69, 9.17) is 0 Å². The van der Waals surface area contributed by atoms with Crippen molar-refractivity contribution < 1.29 is 0 Å². The number of rotatable bonds is 7. The van der Waals surface area contributed by atoms with E-state index in [2.05, 4.69) is 53.7 Å². The minimum absolute atomic E-state index is 0.0764. The third-order valence-corrected chi connectivity index (χ3v) is 5.14. The number of nitrogens with one attached hydrogen (secondary N) is 3. The molecular weight excluding hydrogens is 342 g/mol. The molecule has 2 heterocycles. The molecule has 0 bridgehead atoms. The highest BCUT2D eigenvalue weighted by Crippen LogP contribution is 2.17. The minimum atomic E-state index is 0.0764. The Bertz CT molecular complexity index is 869. The number of aromatic nitrogens is 1. The number of benzene rings is 1. The summed E-state index contributed by atoms with van der Waals surface area (Å²) in [5, 5.41) is 8.79. The van der Waals surface area contributed by atoms with Gasteiger partial charge in [0.1, 0.15) is 5.82 Å². The lowest BCUT2D eigenvalue weighted by molar-refractivity contribution is 0.563. The Morgan fingerprint density at radius 3 is 2.69 bits per heavy atom. The highest BCUT2D eigenvalue weighted by Gasteiger charge is 2.06. The van der Waals surface area contributed by atoms with E-state index >= 15 is 0 Å². The first kappa shape index (κ1) is 20.2. The molecule has 1 unspecified atom stereocenters. The van der Waals surface area contributed by atoms with E-state index in [1.54, 1.807) is 6.07 Å². The van der Waals surface area contributed by atoms with Gasteiger partial charge in [0.25, 0.3) is 0 Å². The second-order valence-electron chi connectivity index (χ2n) is 6.02. The van der Waals surface area contributed by atoms with Crippen LogP contribution in [0.1, 0.15) is 44.4 Å². The molecule has 0 fully saturated rings. The molecule has 3 aromatic rings. The molecule has 1 aromatic carbocycles. The monoisotopic (exact) mass is 371 g/mol. The van der Waals surface area contributed by atoms with E-state index in [0.29, 0.717) is 6.04 Å². The van der Waals surface area contributed by atoms with E-state index in [0.717, 1.165) is 35.5 Å². The molecule has 3 N–H and O–H groups in total. The maximum absolute atomic E-state index is 12.0. The van der Waals surface area contributed by atoms with Gasteiger partial charge in [-0.3, -0.25) is 4.79 Å². The maximum atomic E-state index is 12.0. The molecule has 0 saturated heterocycles. The van der Waals surface area contributed by atoms with Crippen molar-refractivity contribution in [2.75, 3.05) is 18.4 Å². The van der Waals surface area contributed by atoms with Gasteiger partial charge in [0.15, 0.2) is 0 Å². The summed E-state index contributed by atoms with van der Waals surface area (Å²) < 4.78 is 0.786. The number of fused-ring (bicyclic) bond motifs is 1. The van der Waals surface area contributed by atoms with Gasteiger partial charge in [0.05, 0.1) is 10.2 Å². The molecule has 0 aliphatic heterocycles. The second kappa shape index (κ2) is 10.1. The van der Waals surface area contributed by atoms with Crippen molar-refractivity contribution in [3.05, 3.63) is 63.1 Å². The van der Waals surface area contributed by atoms with Crippen LogP contribution in [0, 0.1) is 6.92 Å². The molecule has 4 nitrogen and oxygen atoms in total. The van der Waals surface area contributed by atoms with Gasteiger partial charge in [-0.25, -0.2) is 0 Å². The Balaban J connectivity index is 0.00000117. The van der Waals surface area contributed by atoms with E-state index in [1.165, 1.54) is 22.5 Å². The van der Waals surface area contributed by atoms with Crippen LogP contribution in [0.2, 0.25) is 0 Å². The molecule has 1 atom stereocenters. The summed E-state index contributed by atoms with van der Waals surface area (Å²) in [6.07, 6.45) is 0.986. The number of aryl methyl sites for hydroxylation is 1. The number of H-pyrrole nitrogens is 1. The topological polar surface area (TPSA) is 56.9 Å². The third-order valence-electron chi connectivity index (χ3n) is 4.21. The van der Waals surface area contributed by atoms with Crippen molar-refractivity contribution in [1.29, 1.82) is 0 Å². The second-order valence-corrected chi connectivity index (χ2v) is 6.94. The van der Waals surface area contributed by atoms with Gasteiger partial charge in [0, 0.05) is 18.7 Å². The summed E-state index contributed by atoms with van der Waals surface area (Å²) in [4.78, 5) is 15.2. The molecule has 140 valence electrons. The first-order valence-corrected chi connectivity index (χ1v) is 10.2. The van der Waals surface area contributed by atoms with E-state index in [9.17, 15) is 4.79 Å². The molecular formula is C21H29N3OS. The van der Waals surface area contributed by atoms with Crippen LogP contribution in [0.3, 0.4) is 0 Å². The van der Waals surface area contributed by atoms with Crippen molar-refractivity contribution in [1.82, 2.24) is 10.3 Å². The number of aromatic amines is 1. The van der Waals surface area contributed by atoms with Crippen molar-refractivity contribution in [2.45, 2.75) is 40.2 Å². The molecule has 0 radical (unpaired) electrons. The van der Waals surface area contributed by atoms with Crippen molar-refractivity contribution >= 4 is 27.4 Å². The Morgan fingerprint density at radius 2 is 1.92 bits per heavy atom. The number of anilines is 1. The van der Waals surface area contributed by atoms with E-state index in [1.807, 2.05) is 25.3 Å². The average Bonchev–Trinajstić information content (AvgIpc) is 3.12. The fourth-order valence-corrected chi connectivity index (χ4v) is 3.65. The smallest absolute Gasteiger partial charge is 0.201 e. The summed E-state index contributed by atoms with van der Waals surface area (Å²) in [6.45, 7) is 10.1.